The highest BCUT2D eigenvalue weighted by Crippen LogP contribution is 2.18. The quantitative estimate of drug-likeness (QED) is 0.772. The second-order valence-corrected chi connectivity index (χ2v) is 4.32. The fourth-order valence-electron chi connectivity index (χ4n) is 1.61. The highest BCUT2D eigenvalue weighted by Gasteiger charge is 2.20. The molecule has 0 fully saturated rings. The molecule has 0 N–H and O–H groups in total. The lowest BCUT2D eigenvalue weighted by Gasteiger charge is -2.02. The average Bonchev–Trinajstić information content (AvgIpc) is 2.78. The fourth-order valence-corrected chi connectivity index (χ4v) is 1.96. The first kappa shape index (κ1) is 10.7. The first-order chi connectivity index (χ1) is 7.33. The third-order valence-electron chi connectivity index (χ3n) is 2.60. The predicted octanol–water partition coefficient (Wildman–Crippen LogP) is 3.14. The Balaban J connectivity index is 2.10. The van der Waals surface area contributed by atoms with Crippen molar-refractivity contribution in [2.45, 2.75) is 25.9 Å². The largest absolute Gasteiger partial charge is 0.391 e. The van der Waals surface area contributed by atoms with Gasteiger partial charge in [-0.1, -0.05) is 52.3 Å². The molecule has 0 spiro atoms. The van der Waals surface area contributed by atoms with Crippen LogP contribution in [0.4, 0.5) is 0 Å². The van der Waals surface area contributed by atoms with Crippen LogP contribution in [0.3, 0.4) is 0 Å². The molecular formula is C12H14BrNO. The van der Waals surface area contributed by atoms with Gasteiger partial charge in [0.1, 0.15) is 6.10 Å². The molecule has 2 rings (SSSR count). The second-order valence-electron chi connectivity index (χ2n) is 3.67. The van der Waals surface area contributed by atoms with Gasteiger partial charge in [0.25, 0.3) is 0 Å². The van der Waals surface area contributed by atoms with Gasteiger partial charge < -0.3 is 4.84 Å². The van der Waals surface area contributed by atoms with Crippen molar-refractivity contribution in [2.24, 2.45) is 5.16 Å². The first-order valence-corrected chi connectivity index (χ1v) is 6.33. The van der Waals surface area contributed by atoms with E-state index in [2.05, 4.69) is 52.3 Å². The third-order valence-corrected chi connectivity index (χ3v) is 3.32. The van der Waals surface area contributed by atoms with Crippen LogP contribution >= 0.6 is 15.9 Å². The van der Waals surface area contributed by atoms with E-state index >= 15 is 0 Å². The van der Waals surface area contributed by atoms with Crippen LogP contribution in [0.15, 0.2) is 29.4 Å². The van der Waals surface area contributed by atoms with Gasteiger partial charge in [0, 0.05) is 11.8 Å². The summed E-state index contributed by atoms with van der Waals surface area (Å²) in [6, 6.07) is 8.55. The summed E-state index contributed by atoms with van der Waals surface area (Å²) < 4.78 is 0. The summed E-state index contributed by atoms with van der Waals surface area (Å²) in [5.74, 6) is 0. The molecule has 0 radical (unpaired) electrons. The molecule has 0 aliphatic carbocycles. The first-order valence-electron chi connectivity index (χ1n) is 5.21. The van der Waals surface area contributed by atoms with Crippen molar-refractivity contribution in [3.8, 4) is 0 Å². The van der Waals surface area contributed by atoms with Crippen molar-refractivity contribution < 1.29 is 4.84 Å². The number of hydrogen-bond acceptors (Lipinski definition) is 2. The van der Waals surface area contributed by atoms with Gasteiger partial charge in [0.15, 0.2) is 0 Å². The zero-order valence-corrected chi connectivity index (χ0v) is 10.3. The molecule has 1 aliphatic rings. The molecule has 15 heavy (non-hydrogen) atoms. The van der Waals surface area contributed by atoms with Crippen molar-refractivity contribution in [1.29, 1.82) is 0 Å². The SMILES string of the molecule is CCc1ccc(C2=NOC(CBr)C2)cc1. The summed E-state index contributed by atoms with van der Waals surface area (Å²) in [6.07, 6.45) is 2.18. The van der Waals surface area contributed by atoms with Crippen molar-refractivity contribution in [3.63, 3.8) is 0 Å². The molecule has 1 heterocycles. The molecule has 1 aromatic rings. The minimum Gasteiger partial charge on any atom is -0.391 e. The van der Waals surface area contributed by atoms with Crippen molar-refractivity contribution in [2.75, 3.05) is 5.33 Å². The Morgan fingerprint density at radius 1 is 1.40 bits per heavy atom. The number of rotatable bonds is 3. The van der Waals surface area contributed by atoms with E-state index in [0.717, 1.165) is 23.9 Å². The Kier molecular flexibility index (Phi) is 3.41. The van der Waals surface area contributed by atoms with E-state index in [0.29, 0.717) is 0 Å². The smallest absolute Gasteiger partial charge is 0.142 e. The molecular weight excluding hydrogens is 254 g/mol. The van der Waals surface area contributed by atoms with Crippen LogP contribution in [-0.4, -0.2) is 17.1 Å². The van der Waals surface area contributed by atoms with Crippen LogP contribution in [-0.2, 0) is 11.3 Å². The predicted molar refractivity (Wildman–Crippen MR) is 65.6 cm³/mol. The fraction of sp³-hybridized carbons (Fsp3) is 0.417. The van der Waals surface area contributed by atoms with E-state index in [9.17, 15) is 0 Å². The van der Waals surface area contributed by atoms with E-state index in [1.807, 2.05) is 0 Å². The average molecular weight is 268 g/mol. The van der Waals surface area contributed by atoms with E-state index in [-0.39, 0.29) is 6.10 Å². The zero-order chi connectivity index (χ0) is 10.7. The number of nitrogens with zero attached hydrogens (tertiary/aromatic N) is 1. The minimum absolute atomic E-state index is 0.200. The highest BCUT2D eigenvalue weighted by atomic mass is 79.9. The molecule has 80 valence electrons. The highest BCUT2D eigenvalue weighted by molar-refractivity contribution is 9.09. The molecule has 2 nitrogen and oxygen atoms in total. The lowest BCUT2D eigenvalue weighted by atomic mass is 10.0. The third kappa shape index (κ3) is 2.40. The van der Waals surface area contributed by atoms with Crippen molar-refractivity contribution in [3.05, 3.63) is 35.4 Å². The summed E-state index contributed by atoms with van der Waals surface area (Å²) >= 11 is 3.40. The molecule has 0 saturated carbocycles. The van der Waals surface area contributed by atoms with Gasteiger partial charge in [-0.2, -0.15) is 0 Å². The zero-order valence-electron chi connectivity index (χ0n) is 8.74. The number of oxime groups is 1. The molecule has 0 aromatic heterocycles. The lowest BCUT2D eigenvalue weighted by Crippen LogP contribution is -2.09. The normalized spacial score (nSPS) is 19.9. The number of aryl methyl sites for hydroxylation is 1. The molecule has 1 atom stereocenters. The van der Waals surface area contributed by atoms with E-state index in [4.69, 9.17) is 4.84 Å². The monoisotopic (exact) mass is 267 g/mol. The minimum atomic E-state index is 0.200. The Bertz CT molecular complexity index is 358. The summed E-state index contributed by atoms with van der Waals surface area (Å²) in [5.41, 5.74) is 3.59. The van der Waals surface area contributed by atoms with Crippen LogP contribution in [0.25, 0.3) is 0 Å². The Hall–Kier alpha value is -0.830. The number of alkyl halides is 1. The molecule has 0 amide bonds. The van der Waals surface area contributed by atoms with E-state index in [1.54, 1.807) is 0 Å². The van der Waals surface area contributed by atoms with Gasteiger partial charge in [-0.25, -0.2) is 0 Å². The lowest BCUT2D eigenvalue weighted by molar-refractivity contribution is 0.104. The Labute approximate surface area is 98.4 Å². The van der Waals surface area contributed by atoms with Crippen molar-refractivity contribution in [1.82, 2.24) is 0 Å². The standard InChI is InChI=1S/C12H14BrNO/c1-2-9-3-5-10(6-4-9)12-7-11(8-13)15-14-12/h3-6,11H,2,7-8H2,1H3. The number of hydrogen-bond donors (Lipinski definition) is 0. The maximum absolute atomic E-state index is 5.27. The molecule has 0 bridgehead atoms. The van der Waals surface area contributed by atoms with E-state index < -0.39 is 0 Å². The van der Waals surface area contributed by atoms with E-state index in [1.165, 1.54) is 11.1 Å². The summed E-state index contributed by atoms with van der Waals surface area (Å²) in [5, 5.41) is 4.94. The van der Waals surface area contributed by atoms with Gasteiger partial charge in [-0.3, -0.25) is 0 Å². The summed E-state index contributed by atoms with van der Waals surface area (Å²) in [4.78, 5) is 5.27. The van der Waals surface area contributed by atoms with Crippen LogP contribution in [0.2, 0.25) is 0 Å². The molecule has 3 heteroatoms. The molecule has 0 saturated heterocycles. The summed E-state index contributed by atoms with van der Waals surface area (Å²) in [7, 11) is 0. The van der Waals surface area contributed by atoms with Gasteiger partial charge in [0.05, 0.1) is 5.71 Å². The van der Waals surface area contributed by atoms with Crippen LogP contribution in [0.5, 0.6) is 0 Å². The topological polar surface area (TPSA) is 21.6 Å². The molecule has 1 aliphatic heterocycles. The van der Waals surface area contributed by atoms with Gasteiger partial charge in [-0.15, -0.1) is 0 Å². The second kappa shape index (κ2) is 4.79. The van der Waals surface area contributed by atoms with Gasteiger partial charge in [0.2, 0.25) is 0 Å². The van der Waals surface area contributed by atoms with Crippen LogP contribution in [0.1, 0.15) is 24.5 Å². The Morgan fingerprint density at radius 2 is 2.13 bits per heavy atom. The maximum atomic E-state index is 5.27. The van der Waals surface area contributed by atoms with Crippen molar-refractivity contribution >= 4 is 21.6 Å². The molecule has 1 unspecified atom stereocenters. The molecule has 1 aromatic carbocycles. The van der Waals surface area contributed by atoms with Gasteiger partial charge in [-0.05, 0) is 17.5 Å². The maximum Gasteiger partial charge on any atom is 0.142 e. The van der Waals surface area contributed by atoms with Crippen LogP contribution < -0.4 is 0 Å². The Morgan fingerprint density at radius 3 is 2.67 bits per heavy atom. The van der Waals surface area contributed by atoms with Crippen LogP contribution in [0, 0.1) is 0 Å². The number of halogens is 1. The summed E-state index contributed by atoms with van der Waals surface area (Å²) in [6.45, 7) is 2.16. The van der Waals surface area contributed by atoms with Gasteiger partial charge >= 0.3 is 0 Å². The number of benzene rings is 1.